The van der Waals surface area contributed by atoms with Crippen LogP contribution in [0.2, 0.25) is 0 Å². The molecule has 1 aliphatic rings. The number of hydrogen-bond acceptors (Lipinski definition) is 4. The molecule has 1 heterocycles. The van der Waals surface area contributed by atoms with Crippen molar-refractivity contribution < 1.29 is 17.9 Å². The molecule has 2 aromatic rings. The maximum atomic E-state index is 12.9. The second-order valence-corrected chi connectivity index (χ2v) is 9.38. The second kappa shape index (κ2) is 10.6. The fourth-order valence-electron chi connectivity index (χ4n) is 3.58. The molecule has 1 fully saturated rings. The highest BCUT2D eigenvalue weighted by atomic mass is 32.2. The molecule has 30 heavy (non-hydrogen) atoms. The molecular formula is C23H30N2O4S. The van der Waals surface area contributed by atoms with Gasteiger partial charge in [-0.15, -0.1) is 0 Å². The first-order valence-electron chi connectivity index (χ1n) is 10.6. The van der Waals surface area contributed by atoms with E-state index in [9.17, 15) is 13.2 Å². The van der Waals surface area contributed by atoms with Gasteiger partial charge in [0.05, 0.1) is 17.2 Å². The van der Waals surface area contributed by atoms with Crippen molar-refractivity contribution in [1.29, 1.82) is 0 Å². The van der Waals surface area contributed by atoms with Crippen LogP contribution < -0.4 is 10.1 Å². The van der Waals surface area contributed by atoms with Crippen LogP contribution in [0.5, 0.6) is 5.75 Å². The van der Waals surface area contributed by atoms with Crippen molar-refractivity contribution in [3.63, 3.8) is 0 Å². The van der Waals surface area contributed by atoms with E-state index in [1.54, 1.807) is 28.6 Å². The molecule has 1 saturated heterocycles. The number of hydrogen-bond donors (Lipinski definition) is 1. The maximum Gasteiger partial charge on any atom is 0.243 e. The van der Waals surface area contributed by atoms with E-state index in [1.807, 2.05) is 31.2 Å². The predicted molar refractivity (Wildman–Crippen MR) is 118 cm³/mol. The Labute approximate surface area is 179 Å². The minimum absolute atomic E-state index is 0.108. The van der Waals surface area contributed by atoms with Crippen LogP contribution in [0.3, 0.4) is 0 Å². The van der Waals surface area contributed by atoms with Gasteiger partial charge >= 0.3 is 0 Å². The molecule has 0 unspecified atom stereocenters. The SMILES string of the molecule is CCOc1ccccc1NC(=O)CCc1ccc(S(=O)(=O)N2CCCCCC2)cc1. The van der Waals surface area contributed by atoms with Gasteiger partial charge in [-0.05, 0) is 56.0 Å². The summed E-state index contributed by atoms with van der Waals surface area (Å²) >= 11 is 0. The normalized spacial score (nSPS) is 15.4. The Morgan fingerprint density at radius 2 is 1.67 bits per heavy atom. The first-order valence-corrected chi connectivity index (χ1v) is 12.1. The van der Waals surface area contributed by atoms with Crippen molar-refractivity contribution in [2.24, 2.45) is 0 Å². The Balaban J connectivity index is 1.57. The topological polar surface area (TPSA) is 75.7 Å². The Bertz CT molecular complexity index is 934. The fourth-order valence-corrected chi connectivity index (χ4v) is 5.10. The smallest absolute Gasteiger partial charge is 0.243 e. The van der Waals surface area contributed by atoms with Crippen molar-refractivity contribution in [2.45, 2.75) is 50.3 Å². The summed E-state index contributed by atoms with van der Waals surface area (Å²) in [6, 6.07) is 14.2. The summed E-state index contributed by atoms with van der Waals surface area (Å²) in [6.45, 7) is 3.61. The van der Waals surface area contributed by atoms with Crippen molar-refractivity contribution in [1.82, 2.24) is 4.31 Å². The molecule has 0 aromatic heterocycles. The summed E-state index contributed by atoms with van der Waals surface area (Å²) in [5.41, 5.74) is 1.58. The molecular weight excluding hydrogens is 400 g/mol. The molecule has 162 valence electrons. The number of ether oxygens (including phenoxy) is 1. The molecule has 0 bridgehead atoms. The van der Waals surface area contributed by atoms with E-state index in [4.69, 9.17) is 4.74 Å². The van der Waals surface area contributed by atoms with E-state index in [0.717, 1.165) is 31.2 Å². The molecule has 1 aliphatic heterocycles. The molecule has 0 spiro atoms. The van der Waals surface area contributed by atoms with Crippen molar-refractivity contribution in [3.8, 4) is 5.75 Å². The summed E-state index contributed by atoms with van der Waals surface area (Å²) in [5.74, 6) is 0.542. The van der Waals surface area contributed by atoms with Crippen LogP contribution in [0.25, 0.3) is 0 Å². The van der Waals surface area contributed by atoms with Crippen LogP contribution >= 0.6 is 0 Å². The van der Waals surface area contributed by atoms with E-state index in [2.05, 4.69) is 5.32 Å². The van der Waals surface area contributed by atoms with E-state index < -0.39 is 10.0 Å². The number of anilines is 1. The van der Waals surface area contributed by atoms with Gasteiger partial charge in [0.1, 0.15) is 5.75 Å². The molecule has 0 saturated carbocycles. The number of benzene rings is 2. The van der Waals surface area contributed by atoms with Crippen LogP contribution in [0, 0.1) is 0 Å². The third kappa shape index (κ3) is 5.83. The zero-order valence-electron chi connectivity index (χ0n) is 17.5. The predicted octanol–water partition coefficient (Wildman–Crippen LogP) is 4.22. The van der Waals surface area contributed by atoms with Gasteiger partial charge in [-0.3, -0.25) is 4.79 Å². The fraction of sp³-hybridized carbons (Fsp3) is 0.435. The van der Waals surface area contributed by atoms with Gasteiger partial charge in [0.25, 0.3) is 0 Å². The highest BCUT2D eigenvalue weighted by molar-refractivity contribution is 7.89. The number of nitrogens with one attached hydrogen (secondary N) is 1. The van der Waals surface area contributed by atoms with Gasteiger partial charge in [-0.2, -0.15) is 4.31 Å². The first kappa shape index (κ1) is 22.3. The quantitative estimate of drug-likeness (QED) is 0.680. The molecule has 1 N–H and O–H groups in total. The average molecular weight is 431 g/mol. The van der Waals surface area contributed by atoms with Gasteiger partial charge in [-0.1, -0.05) is 37.1 Å². The Kier molecular flexibility index (Phi) is 7.87. The monoisotopic (exact) mass is 430 g/mol. The maximum absolute atomic E-state index is 12.9. The van der Waals surface area contributed by atoms with Crippen molar-refractivity contribution in [3.05, 3.63) is 54.1 Å². The van der Waals surface area contributed by atoms with Gasteiger partial charge in [0.15, 0.2) is 0 Å². The molecule has 3 rings (SSSR count). The van der Waals surface area contributed by atoms with Gasteiger partial charge in [0.2, 0.25) is 15.9 Å². The van der Waals surface area contributed by atoms with Crippen LogP contribution in [-0.4, -0.2) is 38.3 Å². The number of carbonyl (C=O) groups excluding carboxylic acids is 1. The zero-order valence-corrected chi connectivity index (χ0v) is 18.3. The summed E-state index contributed by atoms with van der Waals surface area (Å²) in [7, 11) is -3.44. The van der Waals surface area contributed by atoms with Crippen LogP contribution in [0.15, 0.2) is 53.4 Å². The molecule has 0 aliphatic carbocycles. The molecule has 0 radical (unpaired) electrons. The minimum Gasteiger partial charge on any atom is -0.492 e. The molecule has 7 heteroatoms. The largest absolute Gasteiger partial charge is 0.492 e. The second-order valence-electron chi connectivity index (χ2n) is 7.44. The van der Waals surface area contributed by atoms with Gasteiger partial charge < -0.3 is 10.1 Å². The molecule has 6 nitrogen and oxygen atoms in total. The molecule has 0 atom stereocenters. The van der Waals surface area contributed by atoms with E-state index in [0.29, 0.717) is 48.9 Å². The zero-order chi connectivity index (χ0) is 21.4. The number of rotatable bonds is 8. The van der Waals surface area contributed by atoms with Crippen LogP contribution in [0.1, 0.15) is 44.6 Å². The first-order chi connectivity index (χ1) is 14.5. The molecule has 1 amide bonds. The summed E-state index contributed by atoms with van der Waals surface area (Å²) < 4.78 is 32.8. The van der Waals surface area contributed by atoms with Crippen LogP contribution in [-0.2, 0) is 21.2 Å². The Hall–Kier alpha value is -2.38. The lowest BCUT2D eigenvalue weighted by molar-refractivity contribution is -0.116. The lowest BCUT2D eigenvalue weighted by Crippen LogP contribution is -2.31. The van der Waals surface area contributed by atoms with E-state index in [1.165, 1.54) is 0 Å². The van der Waals surface area contributed by atoms with Gasteiger partial charge in [-0.25, -0.2) is 8.42 Å². The van der Waals surface area contributed by atoms with Crippen molar-refractivity contribution in [2.75, 3.05) is 25.0 Å². The number of sulfonamides is 1. The number of carbonyl (C=O) groups is 1. The summed E-state index contributed by atoms with van der Waals surface area (Å²) in [6.07, 6.45) is 4.84. The third-order valence-electron chi connectivity index (χ3n) is 5.23. The lowest BCUT2D eigenvalue weighted by atomic mass is 10.1. The number of aryl methyl sites for hydroxylation is 1. The van der Waals surface area contributed by atoms with Gasteiger partial charge in [0, 0.05) is 19.5 Å². The van der Waals surface area contributed by atoms with E-state index in [-0.39, 0.29) is 5.91 Å². The number of nitrogens with zero attached hydrogens (tertiary/aromatic N) is 1. The Morgan fingerprint density at radius 3 is 2.33 bits per heavy atom. The number of para-hydroxylation sites is 2. The number of amides is 1. The standard InChI is InChI=1S/C23H30N2O4S/c1-2-29-22-10-6-5-9-21(22)24-23(26)16-13-19-11-14-20(15-12-19)30(27,28)25-17-7-3-4-8-18-25/h5-6,9-12,14-15H,2-4,7-8,13,16-18H2,1H3,(H,24,26). The van der Waals surface area contributed by atoms with Crippen LogP contribution in [0.4, 0.5) is 5.69 Å². The summed E-state index contributed by atoms with van der Waals surface area (Å²) in [5, 5.41) is 2.88. The van der Waals surface area contributed by atoms with E-state index >= 15 is 0 Å². The van der Waals surface area contributed by atoms with Crippen molar-refractivity contribution >= 4 is 21.6 Å². The lowest BCUT2D eigenvalue weighted by Gasteiger charge is -2.20. The molecule has 2 aromatic carbocycles. The minimum atomic E-state index is -3.44. The third-order valence-corrected chi connectivity index (χ3v) is 7.14. The average Bonchev–Trinajstić information content (AvgIpc) is 3.04. The summed E-state index contributed by atoms with van der Waals surface area (Å²) in [4.78, 5) is 12.7. The highest BCUT2D eigenvalue weighted by Crippen LogP contribution is 2.24. The highest BCUT2D eigenvalue weighted by Gasteiger charge is 2.24. The Morgan fingerprint density at radius 1 is 1.00 bits per heavy atom.